The van der Waals surface area contributed by atoms with Crippen molar-refractivity contribution < 1.29 is 13.9 Å². The fourth-order valence-electron chi connectivity index (χ4n) is 3.65. The van der Waals surface area contributed by atoms with Gasteiger partial charge in [0.05, 0.1) is 18.2 Å². The highest BCUT2D eigenvalue weighted by Gasteiger charge is 2.19. The normalized spacial score (nSPS) is 11.7. The molecular weight excluding hydrogens is 419 g/mol. The Kier molecular flexibility index (Phi) is 6.78. The predicted molar refractivity (Wildman–Crippen MR) is 126 cm³/mol. The van der Waals surface area contributed by atoms with E-state index < -0.39 is 0 Å². The van der Waals surface area contributed by atoms with Crippen molar-refractivity contribution in [1.82, 2.24) is 14.8 Å². The molecule has 6 nitrogen and oxygen atoms in total. The van der Waals surface area contributed by atoms with Gasteiger partial charge in [-0.3, -0.25) is 4.79 Å². The Morgan fingerprint density at radius 1 is 1.03 bits per heavy atom. The van der Waals surface area contributed by atoms with Crippen LogP contribution in [-0.2, 0) is 4.79 Å². The number of aromatic nitrogens is 3. The summed E-state index contributed by atoms with van der Waals surface area (Å²) in [5.41, 5.74) is 2.95. The molecule has 1 N–H and O–H groups in total. The zero-order valence-electron chi connectivity index (χ0n) is 18.5. The Hall–Kier alpha value is -4.00. The molecule has 0 aliphatic rings. The summed E-state index contributed by atoms with van der Waals surface area (Å²) in [6.45, 7) is 4.26. The molecule has 0 saturated carbocycles. The van der Waals surface area contributed by atoms with Gasteiger partial charge in [0, 0.05) is 11.3 Å². The van der Waals surface area contributed by atoms with Gasteiger partial charge in [-0.2, -0.15) is 4.98 Å². The molecule has 0 fully saturated rings. The summed E-state index contributed by atoms with van der Waals surface area (Å²) in [6.07, 6.45) is 0.698. The summed E-state index contributed by atoms with van der Waals surface area (Å²) in [7, 11) is 0. The maximum atomic E-state index is 13.8. The third kappa shape index (κ3) is 5.09. The third-order valence-electron chi connectivity index (χ3n) is 5.25. The lowest BCUT2D eigenvalue weighted by atomic mass is 9.95. The highest BCUT2D eigenvalue weighted by atomic mass is 19.1. The van der Waals surface area contributed by atoms with Gasteiger partial charge in [0.1, 0.15) is 5.82 Å². The molecule has 0 spiro atoms. The van der Waals surface area contributed by atoms with Gasteiger partial charge in [0.25, 0.3) is 0 Å². The number of carbonyl (C=O) groups is 1. The number of ether oxygens (including phenoxy) is 1. The number of nitrogens with zero attached hydrogens (tertiary/aromatic N) is 3. The van der Waals surface area contributed by atoms with Gasteiger partial charge in [-0.05, 0) is 55.3 Å². The Morgan fingerprint density at radius 2 is 1.79 bits per heavy atom. The molecule has 0 bridgehead atoms. The van der Waals surface area contributed by atoms with Gasteiger partial charge in [-0.15, -0.1) is 5.10 Å². The quantitative estimate of drug-likeness (QED) is 0.384. The lowest BCUT2D eigenvalue weighted by molar-refractivity contribution is -0.117. The number of benzene rings is 3. The molecule has 1 unspecified atom stereocenters. The first-order valence-corrected chi connectivity index (χ1v) is 10.9. The third-order valence-corrected chi connectivity index (χ3v) is 5.25. The molecule has 1 heterocycles. The van der Waals surface area contributed by atoms with Gasteiger partial charge in [0.15, 0.2) is 5.82 Å². The standard InChI is InChI=1S/C26H25FN4O2/c1-3-23(18-9-6-5-7-10-18)25(32)28-21-13-15-22(16-14-21)31-24(29-26(30-31)33-4-2)19-11-8-12-20(27)17-19/h5-17,23H,3-4H2,1-2H3,(H,28,32). The first-order chi connectivity index (χ1) is 16.1. The molecule has 1 aromatic heterocycles. The minimum Gasteiger partial charge on any atom is -0.463 e. The minimum absolute atomic E-state index is 0.0590. The van der Waals surface area contributed by atoms with Crippen molar-refractivity contribution in [3.05, 3.63) is 90.2 Å². The molecule has 0 aliphatic heterocycles. The second-order valence-corrected chi connectivity index (χ2v) is 7.48. The summed E-state index contributed by atoms with van der Waals surface area (Å²) in [6, 6.07) is 23.4. The van der Waals surface area contributed by atoms with Crippen molar-refractivity contribution in [2.24, 2.45) is 0 Å². The lowest BCUT2D eigenvalue weighted by Crippen LogP contribution is -2.20. The van der Waals surface area contributed by atoms with Crippen LogP contribution in [0.15, 0.2) is 78.9 Å². The predicted octanol–water partition coefficient (Wildman–Crippen LogP) is 5.60. The number of hydrogen-bond donors (Lipinski definition) is 1. The summed E-state index contributed by atoms with van der Waals surface area (Å²) in [4.78, 5) is 17.3. The van der Waals surface area contributed by atoms with E-state index in [1.165, 1.54) is 12.1 Å². The van der Waals surface area contributed by atoms with E-state index >= 15 is 0 Å². The van der Waals surface area contributed by atoms with E-state index in [-0.39, 0.29) is 23.7 Å². The van der Waals surface area contributed by atoms with Crippen LogP contribution in [0.1, 0.15) is 31.7 Å². The van der Waals surface area contributed by atoms with E-state index in [2.05, 4.69) is 15.4 Å². The fraction of sp³-hybridized carbons (Fsp3) is 0.192. The van der Waals surface area contributed by atoms with E-state index in [9.17, 15) is 9.18 Å². The van der Waals surface area contributed by atoms with Crippen molar-refractivity contribution >= 4 is 11.6 Å². The number of hydrogen-bond acceptors (Lipinski definition) is 4. The first kappa shape index (κ1) is 22.2. The van der Waals surface area contributed by atoms with Crippen molar-refractivity contribution in [2.75, 3.05) is 11.9 Å². The van der Waals surface area contributed by atoms with Crippen LogP contribution in [0, 0.1) is 5.82 Å². The Bertz CT molecular complexity index is 1220. The molecule has 4 aromatic rings. The average Bonchev–Trinajstić information content (AvgIpc) is 3.25. The number of rotatable bonds is 8. The first-order valence-electron chi connectivity index (χ1n) is 10.9. The number of nitrogens with one attached hydrogen (secondary N) is 1. The molecule has 0 saturated heterocycles. The number of anilines is 1. The van der Waals surface area contributed by atoms with Gasteiger partial charge in [-0.25, -0.2) is 9.07 Å². The van der Waals surface area contributed by atoms with Crippen LogP contribution in [0.3, 0.4) is 0 Å². The zero-order valence-corrected chi connectivity index (χ0v) is 18.5. The summed E-state index contributed by atoms with van der Waals surface area (Å²) >= 11 is 0. The molecular formula is C26H25FN4O2. The van der Waals surface area contributed by atoms with Crippen molar-refractivity contribution in [3.63, 3.8) is 0 Å². The van der Waals surface area contributed by atoms with E-state index in [4.69, 9.17) is 4.74 Å². The van der Waals surface area contributed by atoms with Crippen LogP contribution < -0.4 is 10.1 Å². The van der Waals surface area contributed by atoms with E-state index in [1.807, 2.05) is 68.4 Å². The summed E-state index contributed by atoms with van der Waals surface area (Å²) < 4.78 is 20.9. The SMILES string of the molecule is CCOc1nc(-c2cccc(F)c2)n(-c2ccc(NC(=O)C(CC)c3ccccc3)cc2)n1. The maximum Gasteiger partial charge on any atom is 0.336 e. The van der Waals surface area contributed by atoms with E-state index in [1.54, 1.807) is 16.8 Å². The molecule has 3 aromatic carbocycles. The second-order valence-electron chi connectivity index (χ2n) is 7.48. The van der Waals surface area contributed by atoms with Crippen LogP contribution in [0.2, 0.25) is 0 Å². The molecule has 0 radical (unpaired) electrons. The maximum absolute atomic E-state index is 13.8. The number of carbonyl (C=O) groups excluding carboxylic acids is 1. The molecule has 0 aliphatic carbocycles. The molecule has 1 amide bonds. The summed E-state index contributed by atoms with van der Waals surface area (Å²) in [5, 5.41) is 7.41. The summed E-state index contributed by atoms with van der Waals surface area (Å²) in [5.74, 6) is -0.183. The lowest BCUT2D eigenvalue weighted by Gasteiger charge is -2.15. The highest BCUT2D eigenvalue weighted by molar-refractivity contribution is 5.95. The van der Waals surface area contributed by atoms with E-state index in [0.717, 1.165) is 5.56 Å². The van der Waals surface area contributed by atoms with Gasteiger partial charge in [-0.1, -0.05) is 49.4 Å². The zero-order chi connectivity index (χ0) is 23.2. The van der Waals surface area contributed by atoms with Crippen LogP contribution >= 0.6 is 0 Å². The fourth-order valence-corrected chi connectivity index (χ4v) is 3.65. The molecule has 168 valence electrons. The molecule has 33 heavy (non-hydrogen) atoms. The Labute approximate surface area is 192 Å². The Morgan fingerprint density at radius 3 is 2.45 bits per heavy atom. The number of amides is 1. The Balaban J connectivity index is 1.59. The van der Waals surface area contributed by atoms with E-state index in [0.29, 0.717) is 35.8 Å². The topological polar surface area (TPSA) is 69.0 Å². The van der Waals surface area contributed by atoms with Crippen molar-refractivity contribution in [1.29, 1.82) is 0 Å². The minimum atomic E-state index is -0.359. The van der Waals surface area contributed by atoms with Gasteiger partial charge in [0.2, 0.25) is 5.91 Å². The van der Waals surface area contributed by atoms with Crippen LogP contribution in [0.4, 0.5) is 10.1 Å². The molecule has 4 rings (SSSR count). The monoisotopic (exact) mass is 444 g/mol. The van der Waals surface area contributed by atoms with Gasteiger partial charge < -0.3 is 10.1 Å². The molecule has 1 atom stereocenters. The van der Waals surface area contributed by atoms with Crippen LogP contribution in [0.25, 0.3) is 17.1 Å². The average molecular weight is 445 g/mol. The van der Waals surface area contributed by atoms with Gasteiger partial charge >= 0.3 is 6.01 Å². The van der Waals surface area contributed by atoms with Crippen molar-refractivity contribution in [2.45, 2.75) is 26.2 Å². The number of halogens is 1. The molecule has 7 heteroatoms. The van der Waals surface area contributed by atoms with Crippen LogP contribution in [-0.4, -0.2) is 27.3 Å². The van der Waals surface area contributed by atoms with Crippen molar-refractivity contribution in [3.8, 4) is 23.1 Å². The largest absolute Gasteiger partial charge is 0.463 e. The van der Waals surface area contributed by atoms with Crippen LogP contribution in [0.5, 0.6) is 6.01 Å². The highest BCUT2D eigenvalue weighted by Crippen LogP contribution is 2.26. The smallest absolute Gasteiger partial charge is 0.336 e. The second kappa shape index (κ2) is 10.1.